The van der Waals surface area contributed by atoms with Gasteiger partial charge in [0.2, 0.25) is 0 Å². The van der Waals surface area contributed by atoms with Gasteiger partial charge in [-0.25, -0.2) is 4.39 Å². The summed E-state index contributed by atoms with van der Waals surface area (Å²) in [5.74, 6) is 0.362. The molecule has 0 bridgehead atoms. The summed E-state index contributed by atoms with van der Waals surface area (Å²) in [5.41, 5.74) is 6.60. The Bertz CT molecular complexity index is 411. The predicted octanol–water partition coefficient (Wildman–Crippen LogP) is 2.87. The zero-order valence-electron chi connectivity index (χ0n) is 11.4. The van der Waals surface area contributed by atoms with E-state index in [0.29, 0.717) is 19.1 Å². The number of hydrogen-bond donors (Lipinski definition) is 1. The van der Waals surface area contributed by atoms with Crippen LogP contribution >= 0.6 is 0 Å². The van der Waals surface area contributed by atoms with Crippen molar-refractivity contribution in [2.45, 2.75) is 38.4 Å². The molecule has 4 heteroatoms. The number of nitrogens with two attached hydrogens (primary N) is 1. The van der Waals surface area contributed by atoms with Gasteiger partial charge in [0.05, 0.1) is 19.8 Å². The molecule has 1 aromatic carbocycles. The SMILES string of the molecule is COc1ccc(COC2CCCCC2CN)cc1F. The van der Waals surface area contributed by atoms with E-state index in [1.54, 1.807) is 6.07 Å². The Morgan fingerprint density at radius 2 is 2.11 bits per heavy atom. The number of methoxy groups -OCH3 is 1. The first-order chi connectivity index (χ1) is 9.24. The molecule has 1 aliphatic rings. The van der Waals surface area contributed by atoms with E-state index in [-0.39, 0.29) is 17.7 Å². The Morgan fingerprint density at radius 1 is 1.32 bits per heavy atom. The fraction of sp³-hybridized carbons (Fsp3) is 0.600. The number of benzene rings is 1. The summed E-state index contributed by atoms with van der Waals surface area (Å²) in [4.78, 5) is 0. The Labute approximate surface area is 113 Å². The first-order valence-corrected chi connectivity index (χ1v) is 6.88. The van der Waals surface area contributed by atoms with E-state index >= 15 is 0 Å². The molecule has 19 heavy (non-hydrogen) atoms. The zero-order chi connectivity index (χ0) is 13.7. The molecule has 1 fully saturated rings. The largest absolute Gasteiger partial charge is 0.494 e. The third-order valence-electron chi connectivity index (χ3n) is 3.82. The molecule has 0 amide bonds. The van der Waals surface area contributed by atoms with Crippen LogP contribution < -0.4 is 10.5 Å². The van der Waals surface area contributed by atoms with Crippen molar-refractivity contribution in [3.05, 3.63) is 29.6 Å². The predicted molar refractivity (Wildman–Crippen MR) is 72.5 cm³/mol. The average molecular weight is 267 g/mol. The minimum atomic E-state index is -0.345. The van der Waals surface area contributed by atoms with Crippen LogP contribution in [-0.4, -0.2) is 19.8 Å². The quantitative estimate of drug-likeness (QED) is 0.892. The average Bonchev–Trinajstić information content (AvgIpc) is 2.45. The first kappa shape index (κ1) is 14.3. The van der Waals surface area contributed by atoms with Crippen LogP contribution in [0.15, 0.2) is 18.2 Å². The van der Waals surface area contributed by atoms with Gasteiger partial charge in [-0.3, -0.25) is 0 Å². The highest BCUT2D eigenvalue weighted by Gasteiger charge is 2.24. The molecular formula is C15H22FNO2. The highest BCUT2D eigenvalue weighted by atomic mass is 19.1. The number of hydrogen-bond acceptors (Lipinski definition) is 3. The Morgan fingerprint density at radius 3 is 2.79 bits per heavy atom. The van der Waals surface area contributed by atoms with E-state index in [2.05, 4.69) is 0 Å². The lowest BCUT2D eigenvalue weighted by molar-refractivity contribution is -0.0183. The van der Waals surface area contributed by atoms with Crippen LogP contribution in [0.5, 0.6) is 5.75 Å². The summed E-state index contributed by atoms with van der Waals surface area (Å²) in [6.07, 6.45) is 4.83. The Balaban J connectivity index is 1.92. The maximum Gasteiger partial charge on any atom is 0.165 e. The summed E-state index contributed by atoms with van der Waals surface area (Å²) >= 11 is 0. The van der Waals surface area contributed by atoms with Crippen molar-refractivity contribution >= 4 is 0 Å². The molecule has 0 saturated heterocycles. The summed E-state index contributed by atoms with van der Waals surface area (Å²) < 4.78 is 24.4. The lowest BCUT2D eigenvalue weighted by atomic mass is 9.86. The van der Waals surface area contributed by atoms with E-state index in [1.807, 2.05) is 6.07 Å². The van der Waals surface area contributed by atoms with E-state index in [4.69, 9.17) is 15.2 Å². The van der Waals surface area contributed by atoms with Crippen molar-refractivity contribution in [2.75, 3.05) is 13.7 Å². The van der Waals surface area contributed by atoms with Crippen LogP contribution in [0.3, 0.4) is 0 Å². The molecule has 2 atom stereocenters. The van der Waals surface area contributed by atoms with Gasteiger partial charge in [0.15, 0.2) is 11.6 Å². The molecule has 3 nitrogen and oxygen atoms in total. The second-order valence-electron chi connectivity index (χ2n) is 5.10. The van der Waals surface area contributed by atoms with Crippen LogP contribution in [0.1, 0.15) is 31.2 Å². The smallest absolute Gasteiger partial charge is 0.165 e. The van der Waals surface area contributed by atoms with Crippen molar-refractivity contribution in [2.24, 2.45) is 11.7 Å². The number of ether oxygens (including phenoxy) is 2. The van der Waals surface area contributed by atoms with Crippen LogP contribution in [0.4, 0.5) is 4.39 Å². The number of halogens is 1. The number of rotatable bonds is 5. The zero-order valence-corrected chi connectivity index (χ0v) is 11.4. The van der Waals surface area contributed by atoms with Gasteiger partial charge in [-0.1, -0.05) is 18.9 Å². The second kappa shape index (κ2) is 6.87. The standard InChI is InChI=1S/C15H22FNO2/c1-18-15-7-6-11(8-13(15)16)10-19-14-5-3-2-4-12(14)9-17/h6-8,12,14H,2-5,9-10,17H2,1H3. The molecule has 0 aromatic heterocycles. The van der Waals surface area contributed by atoms with Crippen molar-refractivity contribution in [1.29, 1.82) is 0 Å². The topological polar surface area (TPSA) is 44.5 Å². The minimum Gasteiger partial charge on any atom is -0.494 e. The van der Waals surface area contributed by atoms with Gasteiger partial charge in [0.1, 0.15) is 0 Å². The van der Waals surface area contributed by atoms with Gasteiger partial charge < -0.3 is 15.2 Å². The Kier molecular flexibility index (Phi) is 5.16. The maximum atomic E-state index is 13.6. The van der Waals surface area contributed by atoms with Crippen molar-refractivity contribution in [3.8, 4) is 5.75 Å². The first-order valence-electron chi connectivity index (χ1n) is 6.88. The highest BCUT2D eigenvalue weighted by molar-refractivity contribution is 5.28. The van der Waals surface area contributed by atoms with E-state index in [1.165, 1.54) is 26.0 Å². The van der Waals surface area contributed by atoms with Crippen LogP contribution in [0, 0.1) is 11.7 Å². The van der Waals surface area contributed by atoms with Crippen molar-refractivity contribution < 1.29 is 13.9 Å². The summed E-state index contributed by atoms with van der Waals surface area (Å²) in [6, 6.07) is 4.94. The van der Waals surface area contributed by atoms with Gasteiger partial charge in [0.25, 0.3) is 0 Å². The lowest BCUT2D eigenvalue weighted by Crippen LogP contribution is -2.33. The molecule has 0 aliphatic heterocycles. The highest BCUT2D eigenvalue weighted by Crippen LogP contribution is 2.27. The normalized spacial score (nSPS) is 23.3. The summed E-state index contributed by atoms with van der Waals surface area (Å²) in [7, 11) is 1.46. The van der Waals surface area contributed by atoms with E-state index in [0.717, 1.165) is 18.4 Å². The van der Waals surface area contributed by atoms with Gasteiger partial charge in [-0.15, -0.1) is 0 Å². The third-order valence-corrected chi connectivity index (χ3v) is 3.82. The Hall–Kier alpha value is -1.13. The molecule has 0 heterocycles. The summed E-state index contributed by atoms with van der Waals surface area (Å²) in [5, 5.41) is 0. The molecule has 106 valence electrons. The molecular weight excluding hydrogens is 245 g/mol. The molecule has 1 aliphatic carbocycles. The molecule has 2 rings (SSSR count). The molecule has 0 radical (unpaired) electrons. The van der Waals surface area contributed by atoms with E-state index < -0.39 is 0 Å². The minimum absolute atomic E-state index is 0.212. The van der Waals surface area contributed by atoms with Crippen LogP contribution in [0.25, 0.3) is 0 Å². The van der Waals surface area contributed by atoms with Gasteiger partial charge in [-0.2, -0.15) is 0 Å². The monoisotopic (exact) mass is 267 g/mol. The van der Waals surface area contributed by atoms with Gasteiger partial charge in [0, 0.05) is 0 Å². The van der Waals surface area contributed by atoms with Crippen molar-refractivity contribution in [1.82, 2.24) is 0 Å². The van der Waals surface area contributed by atoms with Crippen LogP contribution in [-0.2, 0) is 11.3 Å². The maximum absolute atomic E-state index is 13.6. The van der Waals surface area contributed by atoms with E-state index in [9.17, 15) is 4.39 Å². The van der Waals surface area contributed by atoms with Gasteiger partial charge in [-0.05, 0) is 43.0 Å². The second-order valence-corrected chi connectivity index (χ2v) is 5.10. The fourth-order valence-corrected chi connectivity index (χ4v) is 2.67. The summed E-state index contributed by atoms with van der Waals surface area (Å²) in [6.45, 7) is 1.10. The molecule has 2 unspecified atom stereocenters. The van der Waals surface area contributed by atoms with Crippen molar-refractivity contribution in [3.63, 3.8) is 0 Å². The third kappa shape index (κ3) is 3.67. The molecule has 1 aromatic rings. The molecule has 2 N–H and O–H groups in total. The van der Waals surface area contributed by atoms with Gasteiger partial charge >= 0.3 is 0 Å². The molecule has 0 spiro atoms. The lowest BCUT2D eigenvalue weighted by Gasteiger charge is -2.30. The van der Waals surface area contributed by atoms with Crippen LogP contribution in [0.2, 0.25) is 0 Å². The molecule has 1 saturated carbocycles. The fourth-order valence-electron chi connectivity index (χ4n) is 2.67.